The van der Waals surface area contributed by atoms with Crippen LogP contribution in [0, 0.1) is 12.8 Å². The van der Waals surface area contributed by atoms with Crippen LogP contribution in [0.4, 0.5) is 0 Å². The number of aryl methyl sites for hydroxylation is 1. The summed E-state index contributed by atoms with van der Waals surface area (Å²) in [4.78, 5) is 25.1. The van der Waals surface area contributed by atoms with Crippen LogP contribution in [0.25, 0.3) is 10.9 Å². The van der Waals surface area contributed by atoms with Gasteiger partial charge in [0.1, 0.15) is 0 Å². The topological polar surface area (TPSA) is 75.8 Å². The number of hydrogen-bond donors (Lipinski definition) is 3. The number of fused-ring (bicyclic) bond motifs is 1. The molecule has 0 radical (unpaired) electrons. The van der Waals surface area contributed by atoms with E-state index in [0.717, 1.165) is 77.6 Å². The van der Waals surface area contributed by atoms with Crippen LogP contribution in [0.3, 0.4) is 0 Å². The minimum atomic E-state index is 0.313. The predicted octanol–water partition coefficient (Wildman–Crippen LogP) is 2.52. The lowest BCUT2D eigenvalue weighted by atomic mass is 9.84. The molecule has 174 valence electrons. The van der Waals surface area contributed by atoms with Crippen molar-refractivity contribution in [3.8, 4) is 0 Å². The molecule has 7 nitrogen and oxygen atoms in total. The number of aliphatic imine (C=N–C) groups is 1. The fraction of sp³-hybridized carbons (Fsp3) is 0.600. The van der Waals surface area contributed by atoms with E-state index in [1.54, 1.807) is 0 Å². The molecular weight excluding hydrogens is 400 g/mol. The van der Waals surface area contributed by atoms with E-state index in [1.807, 2.05) is 0 Å². The van der Waals surface area contributed by atoms with Gasteiger partial charge in [0.25, 0.3) is 0 Å². The standard InChI is InChI=1S/C25H38N6O/c1-3-26-25(27-11-10-21-18-29-22-9-4-6-19(2)23(21)22)28-12-13-30-14-16-31(17-15-30)24(32)20-7-5-8-20/h4,6,9,18,20,29H,3,5,7-8,10-17H2,1-2H3,(H2,26,27,28). The minimum Gasteiger partial charge on any atom is -0.361 e. The maximum atomic E-state index is 12.4. The largest absolute Gasteiger partial charge is 0.361 e. The monoisotopic (exact) mass is 438 g/mol. The number of aromatic nitrogens is 1. The molecule has 0 unspecified atom stereocenters. The van der Waals surface area contributed by atoms with E-state index in [2.05, 4.69) is 63.7 Å². The number of benzene rings is 1. The summed E-state index contributed by atoms with van der Waals surface area (Å²) < 4.78 is 0. The van der Waals surface area contributed by atoms with Gasteiger partial charge < -0.3 is 20.5 Å². The molecule has 32 heavy (non-hydrogen) atoms. The van der Waals surface area contributed by atoms with E-state index >= 15 is 0 Å². The molecule has 1 saturated carbocycles. The number of nitrogens with one attached hydrogen (secondary N) is 3. The van der Waals surface area contributed by atoms with Crippen LogP contribution in [0.2, 0.25) is 0 Å². The maximum absolute atomic E-state index is 12.4. The van der Waals surface area contributed by atoms with Gasteiger partial charge in [-0.25, -0.2) is 0 Å². The summed E-state index contributed by atoms with van der Waals surface area (Å²) in [5.41, 5.74) is 3.86. The molecule has 1 aromatic carbocycles. The Labute approximate surface area is 191 Å². The fourth-order valence-electron chi connectivity index (χ4n) is 4.71. The zero-order valence-electron chi connectivity index (χ0n) is 19.6. The van der Waals surface area contributed by atoms with Crippen molar-refractivity contribution in [1.29, 1.82) is 0 Å². The number of rotatable bonds is 8. The zero-order chi connectivity index (χ0) is 22.3. The summed E-state index contributed by atoms with van der Waals surface area (Å²) >= 11 is 0. The van der Waals surface area contributed by atoms with Gasteiger partial charge in [0.15, 0.2) is 5.96 Å². The van der Waals surface area contributed by atoms with Gasteiger partial charge in [0, 0.05) is 68.8 Å². The highest BCUT2D eigenvalue weighted by Gasteiger charge is 2.30. The van der Waals surface area contributed by atoms with Crippen molar-refractivity contribution in [2.45, 2.75) is 39.5 Å². The number of carbonyl (C=O) groups excluding carboxylic acids is 1. The van der Waals surface area contributed by atoms with E-state index in [-0.39, 0.29) is 0 Å². The van der Waals surface area contributed by atoms with Gasteiger partial charge in [-0.1, -0.05) is 18.6 Å². The van der Waals surface area contributed by atoms with E-state index < -0.39 is 0 Å². The first-order valence-corrected chi connectivity index (χ1v) is 12.2. The molecule has 7 heteroatoms. The quantitative estimate of drug-likeness (QED) is 0.437. The normalized spacial score (nSPS) is 18.1. The number of hydrogen-bond acceptors (Lipinski definition) is 3. The Kier molecular flexibility index (Phi) is 7.68. The van der Waals surface area contributed by atoms with Crippen LogP contribution < -0.4 is 10.6 Å². The highest BCUT2D eigenvalue weighted by atomic mass is 16.2. The Hall–Kier alpha value is -2.54. The molecule has 2 aromatic rings. The lowest BCUT2D eigenvalue weighted by Gasteiger charge is -2.38. The summed E-state index contributed by atoms with van der Waals surface area (Å²) in [6.45, 7) is 11.3. The van der Waals surface area contributed by atoms with Crippen LogP contribution >= 0.6 is 0 Å². The Balaban J connectivity index is 1.20. The van der Waals surface area contributed by atoms with Gasteiger partial charge in [-0.3, -0.25) is 14.7 Å². The second-order valence-electron chi connectivity index (χ2n) is 9.04. The second kappa shape index (κ2) is 10.9. The van der Waals surface area contributed by atoms with Crippen LogP contribution in [0.5, 0.6) is 0 Å². The van der Waals surface area contributed by atoms with Crippen molar-refractivity contribution in [1.82, 2.24) is 25.4 Å². The number of amides is 1. The fourth-order valence-corrected chi connectivity index (χ4v) is 4.71. The average molecular weight is 439 g/mol. The molecule has 1 aromatic heterocycles. The van der Waals surface area contributed by atoms with Gasteiger partial charge in [-0.2, -0.15) is 0 Å². The molecule has 2 aliphatic rings. The molecule has 4 rings (SSSR count). The Morgan fingerprint density at radius 2 is 2.00 bits per heavy atom. The van der Waals surface area contributed by atoms with Gasteiger partial charge in [-0.15, -0.1) is 0 Å². The lowest BCUT2D eigenvalue weighted by Crippen LogP contribution is -2.51. The zero-order valence-corrected chi connectivity index (χ0v) is 19.6. The molecule has 2 fully saturated rings. The second-order valence-corrected chi connectivity index (χ2v) is 9.04. The van der Waals surface area contributed by atoms with Gasteiger partial charge in [0.05, 0.1) is 6.54 Å². The van der Waals surface area contributed by atoms with E-state index in [9.17, 15) is 4.79 Å². The lowest BCUT2D eigenvalue weighted by molar-refractivity contribution is -0.139. The summed E-state index contributed by atoms with van der Waals surface area (Å²) in [6, 6.07) is 6.40. The van der Waals surface area contributed by atoms with Crippen molar-refractivity contribution in [3.63, 3.8) is 0 Å². The number of guanidine groups is 1. The smallest absolute Gasteiger partial charge is 0.225 e. The maximum Gasteiger partial charge on any atom is 0.225 e. The van der Waals surface area contributed by atoms with Crippen LogP contribution in [0.1, 0.15) is 37.3 Å². The van der Waals surface area contributed by atoms with Gasteiger partial charge in [0.2, 0.25) is 5.91 Å². The number of aromatic amines is 1. The molecule has 3 N–H and O–H groups in total. The SMILES string of the molecule is CCNC(=NCCN1CCN(C(=O)C2CCC2)CC1)NCCc1c[nH]c2cccc(C)c12. The Morgan fingerprint density at radius 3 is 2.72 bits per heavy atom. The summed E-state index contributed by atoms with van der Waals surface area (Å²) in [7, 11) is 0. The Bertz CT molecular complexity index is 924. The van der Waals surface area contributed by atoms with Crippen LogP contribution in [-0.2, 0) is 11.2 Å². The molecule has 1 saturated heterocycles. The van der Waals surface area contributed by atoms with Crippen molar-refractivity contribution in [2.75, 3.05) is 52.4 Å². The summed E-state index contributed by atoms with van der Waals surface area (Å²) in [6.07, 6.45) is 6.48. The first kappa shape index (κ1) is 22.6. The molecular formula is C25H38N6O. The average Bonchev–Trinajstić information content (AvgIpc) is 3.17. The first-order valence-electron chi connectivity index (χ1n) is 12.2. The van der Waals surface area contributed by atoms with Crippen molar-refractivity contribution >= 4 is 22.8 Å². The highest BCUT2D eigenvalue weighted by molar-refractivity contribution is 5.86. The number of carbonyl (C=O) groups is 1. The van der Waals surface area contributed by atoms with Gasteiger partial charge in [-0.05, 0) is 50.3 Å². The molecule has 1 amide bonds. The third-order valence-corrected chi connectivity index (χ3v) is 6.85. The molecule has 2 heterocycles. The van der Waals surface area contributed by atoms with Crippen LogP contribution in [0.15, 0.2) is 29.4 Å². The third-order valence-electron chi connectivity index (χ3n) is 6.85. The van der Waals surface area contributed by atoms with E-state index in [4.69, 9.17) is 4.99 Å². The number of H-pyrrole nitrogens is 1. The minimum absolute atomic E-state index is 0.313. The molecule has 1 aliphatic heterocycles. The summed E-state index contributed by atoms with van der Waals surface area (Å²) in [5, 5.41) is 8.18. The molecule has 1 aliphatic carbocycles. The third kappa shape index (κ3) is 5.44. The van der Waals surface area contributed by atoms with Crippen molar-refractivity contribution in [3.05, 3.63) is 35.5 Å². The highest BCUT2D eigenvalue weighted by Crippen LogP contribution is 2.28. The van der Waals surface area contributed by atoms with Crippen molar-refractivity contribution in [2.24, 2.45) is 10.9 Å². The number of piperazine rings is 1. The van der Waals surface area contributed by atoms with Crippen molar-refractivity contribution < 1.29 is 4.79 Å². The predicted molar refractivity (Wildman–Crippen MR) is 131 cm³/mol. The van der Waals surface area contributed by atoms with E-state index in [0.29, 0.717) is 11.8 Å². The van der Waals surface area contributed by atoms with E-state index in [1.165, 1.54) is 28.5 Å². The summed E-state index contributed by atoms with van der Waals surface area (Å²) in [5.74, 6) is 1.58. The molecule has 0 bridgehead atoms. The first-order chi connectivity index (χ1) is 15.7. The van der Waals surface area contributed by atoms with Gasteiger partial charge >= 0.3 is 0 Å². The Morgan fingerprint density at radius 1 is 1.19 bits per heavy atom. The molecule has 0 spiro atoms. The van der Waals surface area contributed by atoms with Crippen LogP contribution in [-0.4, -0.2) is 79.0 Å². The number of nitrogens with zero attached hydrogens (tertiary/aromatic N) is 3. The molecule has 0 atom stereocenters.